The molecule has 0 aliphatic heterocycles. The van der Waals surface area contributed by atoms with Gasteiger partial charge in [0.05, 0.1) is 16.2 Å². The van der Waals surface area contributed by atoms with Crippen LogP contribution in [0.5, 0.6) is 0 Å². The fourth-order valence-corrected chi connectivity index (χ4v) is 2.32. The largest absolute Gasteiger partial charge is 0.393 e. The molecule has 0 radical (unpaired) electrons. The molecule has 0 aliphatic rings. The molecule has 0 amide bonds. The lowest BCUT2D eigenvalue weighted by atomic mass is 10.3. The number of aliphatic hydroxyl groups excluding tert-OH is 1. The molecular weight excluding hydrogens is 279 g/mol. The normalized spacial score (nSPS) is 13.3. The quantitative estimate of drug-likeness (QED) is 0.863. The minimum Gasteiger partial charge on any atom is -0.393 e. The number of halogens is 2. The molecule has 0 aromatic carbocycles. The molecule has 15 heavy (non-hydrogen) atoms. The molecule has 0 spiro atoms. The molecule has 2 aromatic heterocycles. The molecule has 3 nitrogen and oxygen atoms in total. The van der Waals surface area contributed by atoms with E-state index in [9.17, 15) is 5.11 Å². The van der Waals surface area contributed by atoms with Crippen LogP contribution in [0, 0.1) is 0 Å². The van der Waals surface area contributed by atoms with Crippen LogP contribution in [0.4, 0.5) is 0 Å². The van der Waals surface area contributed by atoms with E-state index in [0.29, 0.717) is 11.6 Å². The second-order valence-electron chi connectivity index (χ2n) is 3.44. The Bertz CT molecular complexity index is 495. The van der Waals surface area contributed by atoms with Crippen LogP contribution in [-0.2, 0) is 6.42 Å². The first kappa shape index (κ1) is 10.9. The highest BCUT2D eigenvalue weighted by molar-refractivity contribution is 9.10. The van der Waals surface area contributed by atoms with Crippen LogP contribution in [-0.4, -0.2) is 20.6 Å². The Kier molecular flexibility index (Phi) is 3.00. The summed E-state index contributed by atoms with van der Waals surface area (Å²) < 4.78 is 2.78. The van der Waals surface area contributed by atoms with Crippen molar-refractivity contribution in [3.05, 3.63) is 33.8 Å². The van der Waals surface area contributed by atoms with Crippen LogP contribution in [0.2, 0.25) is 5.15 Å². The summed E-state index contributed by atoms with van der Waals surface area (Å²) in [5.41, 5.74) is 0.849. The van der Waals surface area contributed by atoms with Crippen molar-refractivity contribution < 1.29 is 5.11 Å². The van der Waals surface area contributed by atoms with Gasteiger partial charge in [-0.05, 0) is 35.0 Å². The number of nitrogens with zero attached hydrogens (tertiary/aromatic N) is 2. The van der Waals surface area contributed by atoms with Gasteiger partial charge >= 0.3 is 0 Å². The van der Waals surface area contributed by atoms with Crippen LogP contribution < -0.4 is 0 Å². The average Bonchev–Trinajstić information content (AvgIpc) is 2.44. The van der Waals surface area contributed by atoms with E-state index in [4.69, 9.17) is 11.6 Å². The molecule has 2 heterocycles. The Morgan fingerprint density at radius 2 is 2.33 bits per heavy atom. The van der Waals surface area contributed by atoms with Crippen molar-refractivity contribution in [1.29, 1.82) is 0 Å². The Hall–Kier alpha value is -0.580. The van der Waals surface area contributed by atoms with Gasteiger partial charge in [0, 0.05) is 6.42 Å². The molecule has 0 bridgehead atoms. The molecule has 0 aliphatic carbocycles. The summed E-state index contributed by atoms with van der Waals surface area (Å²) in [6.45, 7) is 1.73. The zero-order valence-corrected chi connectivity index (χ0v) is 10.5. The molecule has 0 saturated heterocycles. The van der Waals surface area contributed by atoms with Gasteiger partial charge in [-0.15, -0.1) is 0 Å². The Labute approximate surface area is 101 Å². The summed E-state index contributed by atoms with van der Waals surface area (Å²) in [5.74, 6) is 0.762. The predicted octanol–water partition coefficient (Wildman–Crippen LogP) is 2.67. The number of pyridine rings is 1. The SMILES string of the molecule is CC(O)Cc1nc(Cl)c2cccc(Br)n12. The first-order chi connectivity index (χ1) is 7.09. The predicted molar refractivity (Wildman–Crippen MR) is 63.3 cm³/mol. The molecule has 5 heteroatoms. The summed E-state index contributed by atoms with van der Waals surface area (Å²) in [6, 6.07) is 5.71. The molecule has 1 N–H and O–H groups in total. The first-order valence-corrected chi connectivity index (χ1v) is 5.76. The molecule has 0 saturated carbocycles. The highest BCUT2D eigenvalue weighted by Crippen LogP contribution is 2.23. The summed E-state index contributed by atoms with van der Waals surface area (Å²) in [4.78, 5) is 4.23. The number of hydrogen-bond donors (Lipinski definition) is 1. The van der Waals surface area contributed by atoms with Crippen molar-refractivity contribution in [3.8, 4) is 0 Å². The lowest BCUT2D eigenvalue weighted by Gasteiger charge is -2.04. The van der Waals surface area contributed by atoms with Gasteiger partial charge in [0.25, 0.3) is 0 Å². The fraction of sp³-hybridized carbons (Fsp3) is 0.300. The van der Waals surface area contributed by atoms with Crippen molar-refractivity contribution >= 4 is 33.0 Å². The van der Waals surface area contributed by atoms with E-state index in [0.717, 1.165) is 15.9 Å². The standard InChI is InChI=1S/C10H10BrClN2O/c1-6(15)5-9-13-10(12)7-3-2-4-8(11)14(7)9/h2-4,6,15H,5H2,1H3. The second-order valence-corrected chi connectivity index (χ2v) is 4.61. The average molecular weight is 290 g/mol. The number of hydrogen-bond acceptors (Lipinski definition) is 2. The Morgan fingerprint density at radius 3 is 3.00 bits per heavy atom. The summed E-state index contributed by atoms with van der Waals surface area (Å²) in [5, 5.41) is 9.82. The highest BCUT2D eigenvalue weighted by Gasteiger charge is 2.12. The van der Waals surface area contributed by atoms with E-state index in [2.05, 4.69) is 20.9 Å². The van der Waals surface area contributed by atoms with Crippen molar-refractivity contribution in [2.45, 2.75) is 19.4 Å². The third-order valence-electron chi connectivity index (χ3n) is 2.12. The molecule has 2 aromatic rings. The van der Waals surface area contributed by atoms with Gasteiger partial charge in [-0.25, -0.2) is 4.98 Å². The summed E-state index contributed by atoms with van der Waals surface area (Å²) in [7, 11) is 0. The number of fused-ring (bicyclic) bond motifs is 1. The Balaban J connectivity index is 2.65. The third-order valence-corrected chi connectivity index (χ3v) is 3.01. The van der Waals surface area contributed by atoms with Crippen molar-refractivity contribution in [3.63, 3.8) is 0 Å². The van der Waals surface area contributed by atoms with Gasteiger partial charge in [0.2, 0.25) is 0 Å². The fourth-order valence-electron chi connectivity index (χ4n) is 1.53. The van der Waals surface area contributed by atoms with E-state index in [1.165, 1.54) is 0 Å². The highest BCUT2D eigenvalue weighted by atomic mass is 79.9. The van der Waals surface area contributed by atoms with Gasteiger partial charge in [-0.3, -0.25) is 4.40 Å². The van der Waals surface area contributed by atoms with Crippen LogP contribution >= 0.6 is 27.5 Å². The molecule has 80 valence electrons. The molecule has 2 rings (SSSR count). The van der Waals surface area contributed by atoms with Gasteiger partial charge in [0.1, 0.15) is 5.82 Å². The van der Waals surface area contributed by atoms with Crippen LogP contribution in [0.3, 0.4) is 0 Å². The zero-order chi connectivity index (χ0) is 11.0. The Morgan fingerprint density at radius 1 is 1.60 bits per heavy atom. The van der Waals surface area contributed by atoms with Crippen LogP contribution in [0.25, 0.3) is 5.52 Å². The van der Waals surface area contributed by atoms with E-state index < -0.39 is 6.10 Å². The second kappa shape index (κ2) is 4.12. The zero-order valence-electron chi connectivity index (χ0n) is 8.11. The number of aromatic nitrogens is 2. The van der Waals surface area contributed by atoms with Crippen molar-refractivity contribution in [2.24, 2.45) is 0 Å². The maximum Gasteiger partial charge on any atom is 0.155 e. The van der Waals surface area contributed by atoms with E-state index in [1.807, 2.05) is 22.6 Å². The summed E-state index contributed by atoms with van der Waals surface area (Å²) in [6.07, 6.45) is 0.0509. The van der Waals surface area contributed by atoms with Crippen molar-refractivity contribution in [1.82, 2.24) is 9.38 Å². The van der Waals surface area contributed by atoms with Crippen molar-refractivity contribution in [2.75, 3.05) is 0 Å². The van der Waals surface area contributed by atoms with E-state index in [-0.39, 0.29) is 0 Å². The maximum absolute atomic E-state index is 9.35. The molecule has 1 atom stereocenters. The number of aliphatic hydroxyl groups is 1. The monoisotopic (exact) mass is 288 g/mol. The summed E-state index contributed by atoms with van der Waals surface area (Å²) >= 11 is 9.43. The van der Waals surface area contributed by atoms with Crippen LogP contribution in [0.15, 0.2) is 22.8 Å². The molecular formula is C10H10BrClN2O. The van der Waals surface area contributed by atoms with Gasteiger partial charge in [-0.2, -0.15) is 0 Å². The minimum atomic E-state index is -0.432. The van der Waals surface area contributed by atoms with Gasteiger partial charge < -0.3 is 5.11 Å². The smallest absolute Gasteiger partial charge is 0.155 e. The van der Waals surface area contributed by atoms with Gasteiger partial charge in [-0.1, -0.05) is 17.7 Å². The van der Waals surface area contributed by atoms with Gasteiger partial charge in [0.15, 0.2) is 5.15 Å². The van der Waals surface area contributed by atoms with E-state index >= 15 is 0 Å². The number of imidazole rings is 1. The van der Waals surface area contributed by atoms with Crippen LogP contribution in [0.1, 0.15) is 12.7 Å². The third kappa shape index (κ3) is 2.02. The molecule has 0 fully saturated rings. The minimum absolute atomic E-state index is 0.432. The van der Waals surface area contributed by atoms with E-state index in [1.54, 1.807) is 6.92 Å². The number of rotatable bonds is 2. The lowest BCUT2D eigenvalue weighted by molar-refractivity contribution is 0.192. The molecule has 1 unspecified atom stereocenters. The topological polar surface area (TPSA) is 37.5 Å². The lowest BCUT2D eigenvalue weighted by Crippen LogP contribution is -2.08. The maximum atomic E-state index is 9.35. The first-order valence-electron chi connectivity index (χ1n) is 4.59.